The summed E-state index contributed by atoms with van der Waals surface area (Å²) in [6.07, 6.45) is 1.89. The van der Waals surface area contributed by atoms with Crippen LogP contribution in [-0.4, -0.2) is 20.7 Å². The van der Waals surface area contributed by atoms with Crippen LogP contribution in [0.1, 0.15) is 38.8 Å². The molecule has 0 aliphatic carbocycles. The summed E-state index contributed by atoms with van der Waals surface area (Å²) in [4.78, 5) is 4.76. The number of aromatic nitrogens is 1. The van der Waals surface area contributed by atoms with Gasteiger partial charge in [-0.05, 0) is 40.0 Å². The molecule has 0 saturated carbocycles. The summed E-state index contributed by atoms with van der Waals surface area (Å²) in [6, 6.07) is 25.8. The van der Waals surface area contributed by atoms with Crippen LogP contribution in [0.15, 0.2) is 79.0 Å². The van der Waals surface area contributed by atoms with E-state index >= 15 is 0 Å². The lowest BCUT2D eigenvalue weighted by Gasteiger charge is -2.27. The maximum Gasteiger partial charge on any atom is 0.0802 e. The van der Waals surface area contributed by atoms with Crippen molar-refractivity contribution in [3.05, 3.63) is 90.1 Å². The molecule has 0 atom stereocenters. The quantitative estimate of drug-likeness (QED) is 0.262. The molecule has 0 saturated heterocycles. The average molecular weight is 441 g/mol. The predicted molar refractivity (Wildman–Crippen MR) is 146 cm³/mol. The number of hydrogen-bond acceptors (Lipinski definition) is 2. The Bertz CT molecular complexity index is 1450. The average Bonchev–Trinajstić information content (AvgIpc) is 3.16. The van der Waals surface area contributed by atoms with Crippen LogP contribution in [0.25, 0.3) is 42.6 Å². The highest BCUT2D eigenvalue weighted by Crippen LogP contribution is 2.40. The minimum atomic E-state index is -0.464. The highest BCUT2D eigenvalue weighted by molar-refractivity contribution is 7.26. The van der Waals surface area contributed by atoms with Crippen molar-refractivity contribution in [1.29, 1.82) is 0 Å². The molecule has 158 valence electrons. The third kappa shape index (κ3) is 4.13. The largest absolute Gasteiger partial charge is 0.256 e. The second-order valence-corrected chi connectivity index (χ2v) is 11.0. The summed E-state index contributed by atoms with van der Waals surface area (Å²) in [5.74, 6) is 0. The number of pyridine rings is 1. The molecule has 5 rings (SSSR count). The van der Waals surface area contributed by atoms with E-state index in [2.05, 4.69) is 72.8 Å². The number of rotatable bonds is 4. The van der Waals surface area contributed by atoms with Gasteiger partial charge in [0.1, 0.15) is 0 Å². The predicted octanol–water partition coefficient (Wildman–Crippen LogP) is 7.59. The smallest absolute Gasteiger partial charge is 0.0802 e. The van der Waals surface area contributed by atoms with E-state index in [0.717, 1.165) is 33.5 Å². The maximum atomic E-state index is 6.48. The first kappa shape index (κ1) is 22.0. The minimum absolute atomic E-state index is 0.464. The lowest BCUT2D eigenvalue weighted by atomic mass is 9.63. The molecule has 0 aliphatic heterocycles. The molecular weight excluding hydrogens is 416 g/mol. The van der Waals surface area contributed by atoms with Gasteiger partial charge in [-0.25, -0.2) is 0 Å². The molecular formula is C29H25B2NS. The normalized spacial score (nSPS) is 12.5. The van der Waals surface area contributed by atoms with Crippen molar-refractivity contribution in [1.82, 2.24) is 4.98 Å². The summed E-state index contributed by atoms with van der Waals surface area (Å²) in [5.41, 5.74) is 6.47. The highest BCUT2D eigenvalue weighted by atomic mass is 32.1. The molecule has 4 radical (unpaired) electrons. The molecule has 2 heterocycles. The van der Waals surface area contributed by atoms with Crippen LogP contribution in [0, 0.1) is 0 Å². The first-order valence-corrected chi connectivity index (χ1v) is 12.0. The van der Waals surface area contributed by atoms with Crippen LogP contribution in [0.5, 0.6) is 0 Å². The fourth-order valence-electron chi connectivity index (χ4n) is 4.24. The third-order valence-corrected chi connectivity index (χ3v) is 7.41. The van der Waals surface area contributed by atoms with Crippen LogP contribution < -0.4 is 0 Å². The number of fused-ring (bicyclic) bond motifs is 3. The van der Waals surface area contributed by atoms with Gasteiger partial charge in [-0.2, -0.15) is 0 Å². The van der Waals surface area contributed by atoms with E-state index in [1.807, 2.05) is 45.2 Å². The van der Waals surface area contributed by atoms with Crippen molar-refractivity contribution in [3.63, 3.8) is 0 Å². The molecule has 3 aromatic carbocycles. The van der Waals surface area contributed by atoms with E-state index in [1.54, 1.807) is 0 Å². The maximum absolute atomic E-state index is 6.48. The lowest BCUT2D eigenvalue weighted by molar-refractivity contribution is 0.735. The van der Waals surface area contributed by atoms with Gasteiger partial charge in [0.05, 0.1) is 21.4 Å². The zero-order valence-corrected chi connectivity index (χ0v) is 20.3. The van der Waals surface area contributed by atoms with Crippen molar-refractivity contribution in [2.24, 2.45) is 0 Å². The number of benzene rings is 3. The molecule has 0 amide bonds. The Labute approximate surface area is 202 Å². The van der Waals surface area contributed by atoms with Gasteiger partial charge in [0.25, 0.3) is 0 Å². The zero-order chi connectivity index (χ0) is 23.4. The van der Waals surface area contributed by atoms with Gasteiger partial charge in [0, 0.05) is 31.9 Å². The molecule has 2 aromatic heterocycles. The third-order valence-electron chi connectivity index (χ3n) is 6.19. The van der Waals surface area contributed by atoms with Crippen LogP contribution in [0.2, 0.25) is 0 Å². The summed E-state index contributed by atoms with van der Waals surface area (Å²) in [6.45, 7) is 8.11. The van der Waals surface area contributed by atoms with Crippen molar-refractivity contribution in [2.45, 2.75) is 38.3 Å². The molecule has 5 aromatic rings. The number of thiophene rings is 1. The van der Waals surface area contributed by atoms with Crippen LogP contribution in [-0.2, 0) is 10.6 Å². The molecule has 0 N–H and O–H groups in total. The summed E-state index contributed by atoms with van der Waals surface area (Å²) < 4.78 is 2.56. The molecule has 33 heavy (non-hydrogen) atoms. The molecule has 4 heteroatoms. The van der Waals surface area contributed by atoms with Crippen LogP contribution in [0.3, 0.4) is 0 Å². The molecule has 0 spiro atoms. The highest BCUT2D eigenvalue weighted by Gasteiger charge is 2.21. The van der Waals surface area contributed by atoms with Gasteiger partial charge in [-0.15, -0.1) is 11.3 Å². The molecule has 0 bridgehead atoms. The van der Waals surface area contributed by atoms with E-state index in [4.69, 9.17) is 20.7 Å². The lowest BCUT2D eigenvalue weighted by Crippen LogP contribution is -2.21. The minimum Gasteiger partial charge on any atom is -0.256 e. The molecule has 0 aliphatic rings. The van der Waals surface area contributed by atoms with Gasteiger partial charge in [-0.1, -0.05) is 93.4 Å². The Hall–Kier alpha value is -2.84. The Morgan fingerprint density at radius 1 is 0.697 bits per heavy atom. The van der Waals surface area contributed by atoms with Gasteiger partial charge in [-0.3, -0.25) is 4.98 Å². The van der Waals surface area contributed by atoms with Crippen molar-refractivity contribution < 1.29 is 0 Å². The molecule has 0 fully saturated rings. The van der Waals surface area contributed by atoms with E-state index in [1.165, 1.54) is 20.2 Å². The summed E-state index contributed by atoms with van der Waals surface area (Å²) in [7, 11) is 13.0. The standard InChI is InChI=1S/C29H25B2NS/c1-28(2,30)20-14-19(15-21(17-20)29(3,4)31)18-12-13-32-25(16-18)24-10-7-9-23-22-8-5-6-11-26(22)33-27(23)24/h5-17H,1-4H3. The van der Waals surface area contributed by atoms with E-state index in [0.29, 0.717) is 0 Å². The Balaban J connectivity index is 1.69. The number of hydrogen-bond donors (Lipinski definition) is 0. The fraction of sp³-hybridized carbons (Fsp3) is 0.207. The van der Waals surface area contributed by atoms with E-state index in [9.17, 15) is 0 Å². The van der Waals surface area contributed by atoms with Gasteiger partial charge in [0.15, 0.2) is 0 Å². The van der Waals surface area contributed by atoms with Crippen LogP contribution in [0.4, 0.5) is 0 Å². The second kappa shape index (κ2) is 7.88. The Morgan fingerprint density at radius 3 is 2.06 bits per heavy atom. The van der Waals surface area contributed by atoms with Gasteiger partial charge >= 0.3 is 0 Å². The fourth-order valence-corrected chi connectivity index (χ4v) is 5.47. The summed E-state index contributed by atoms with van der Waals surface area (Å²) in [5, 5.41) is 1.64. The van der Waals surface area contributed by atoms with Gasteiger partial charge < -0.3 is 0 Å². The SMILES string of the molecule is [B]C(C)(C)c1cc(-c2ccnc(-c3cccc4c3sc3ccccc34)c2)cc(C([B])(C)C)c1. The molecule has 0 unspecified atom stereocenters. The van der Waals surface area contributed by atoms with E-state index in [-0.39, 0.29) is 0 Å². The molecule has 1 nitrogen and oxygen atoms in total. The van der Waals surface area contributed by atoms with Crippen molar-refractivity contribution in [2.75, 3.05) is 0 Å². The van der Waals surface area contributed by atoms with Gasteiger partial charge in [0.2, 0.25) is 0 Å². The van der Waals surface area contributed by atoms with E-state index < -0.39 is 10.6 Å². The van der Waals surface area contributed by atoms with Crippen molar-refractivity contribution in [3.8, 4) is 22.4 Å². The monoisotopic (exact) mass is 441 g/mol. The zero-order valence-electron chi connectivity index (χ0n) is 19.5. The van der Waals surface area contributed by atoms with Crippen molar-refractivity contribution >= 4 is 47.2 Å². The summed E-state index contributed by atoms with van der Waals surface area (Å²) >= 11 is 1.82. The second-order valence-electron chi connectivity index (χ2n) is 9.95. The first-order chi connectivity index (χ1) is 15.6. The van der Waals surface area contributed by atoms with Crippen LogP contribution >= 0.6 is 11.3 Å². The number of nitrogens with zero attached hydrogens (tertiary/aromatic N) is 1. The topological polar surface area (TPSA) is 12.9 Å². The Morgan fingerprint density at radius 2 is 1.36 bits per heavy atom. The first-order valence-electron chi connectivity index (χ1n) is 11.2. The Kier molecular flexibility index (Phi) is 5.25.